The standard InChI is InChI=1S/C18H18/c1-3-8-15(4-2)17-11-13-18(14-12-17)16-9-6-5-7-10-16/h3-14H,1-2H3/b8-3-,15-4+. The Morgan fingerprint density at radius 2 is 1.39 bits per heavy atom. The van der Waals surface area contributed by atoms with Crippen molar-refractivity contribution in [2.45, 2.75) is 13.8 Å². The molecular formula is C18H18. The molecule has 0 fully saturated rings. The summed E-state index contributed by atoms with van der Waals surface area (Å²) in [6, 6.07) is 19.2. The van der Waals surface area contributed by atoms with Crippen molar-refractivity contribution >= 4 is 5.57 Å². The van der Waals surface area contributed by atoms with Crippen molar-refractivity contribution in [2.24, 2.45) is 0 Å². The highest BCUT2D eigenvalue weighted by Gasteiger charge is 1.99. The van der Waals surface area contributed by atoms with Crippen LogP contribution in [0.3, 0.4) is 0 Å². The van der Waals surface area contributed by atoms with Gasteiger partial charge in [0, 0.05) is 0 Å². The van der Waals surface area contributed by atoms with Crippen LogP contribution in [0.5, 0.6) is 0 Å². The summed E-state index contributed by atoms with van der Waals surface area (Å²) >= 11 is 0. The van der Waals surface area contributed by atoms with Crippen LogP contribution in [0, 0.1) is 0 Å². The third-order valence-corrected chi connectivity index (χ3v) is 2.98. The van der Waals surface area contributed by atoms with E-state index in [-0.39, 0.29) is 0 Å². The zero-order valence-electron chi connectivity index (χ0n) is 10.9. The lowest BCUT2D eigenvalue weighted by Crippen LogP contribution is -1.82. The lowest BCUT2D eigenvalue weighted by molar-refractivity contribution is 1.56. The van der Waals surface area contributed by atoms with E-state index in [1.165, 1.54) is 22.3 Å². The molecule has 2 rings (SSSR count). The van der Waals surface area contributed by atoms with Gasteiger partial charge in [-0.1, -0.05) is 72.8 Å². The SMILES string of the molecule is C/C=C\C(=C/C)c1ccc(-c2ccccc2)cc1. The van der Waals surface area contributed by atoms with Crippen molar-refractivity contribution in [2.75, 3.05) is 0 Å². The normalized spacial score (nSPS) is 12.0. The van der Waals surface area contributed by atoms with Gasteiger partial charge in [0.25, 0.3) is 0 Å². The Hall–Kier alpha value is -2.08. The number of hydrogen-bond donors (Lipinski definition) is 0. The molecule has 2 aromatic rings. The molecule has 0 atom stereocenters. The van der Waals surface area contributed by atoms with E-state index in [0.29, 0.717) is 0 Å². The van der Waals surface area contributed by atoms with Gasteiger partial charge >= 0.3 is 0 Å². The van der Waals surface area contributed by atoms with Gasteiger partial charge < -0.3 is 0 Å². The third kappa shape index (κ3) is 2.78. The summed E-state index contributed by atoms with van der Waals surface area (Å²) in [6.07, 6.45) is 6.34. The summed E-state index contributed by atoms with van der Waals surface area (Å²) in [5.74, 6) is 0. The molecule has 0 aromatic heterocycles. The maximum absolute atomic E-state index is 2.18. The van der Waals surface area contributed by atoms with E-state index in [0.717, 1.165) is 0 Å². The van der Waals surface area contributed by atoms with Gasteiger partial charge in [0.2, 0.25) is 0 Å². The average Bonchev–Trinajstić information content (AvgIpc) is 2.46. The second kappa shape index (κ2) is 6.02. The zero-order valence-corrected chi connectivity index (χ0v) is 10.9. The lowest BCUT2D eigenvalue weighted by Gasteiger charge is -2.05. The Labute approximate surface area is 109 Å². The van der Waals surface area contributed by atoms with Gasteiger partial charge in [0.15, 0.2) is 0 Å². The Kier molecular flexibility index (Phi) is 4.14. The first-order valence-corrected chi connectivity index (χ1v) is 6.30. The molecule has 0 heteroatoms. The molecule has 0 unspecified atom stereocenters. The first kappa shape index (κ1) is 12.4. The summed E-state index contributed by atoms with van der Waals surface area (Å²) < 4.78 is 0. The van der Waals surface area contributed by atoms with Gasteiger partial charge in [-0.25, -0.2) is 0 Å². The highest BCUT2D eigenvalue weighted by molar-refractivity contribution is 5.75. The highest BCUT2D eigenvalue weighted by atomic mass is 14.0. The quantitative estimate of drug-likeness (QED) is 0.629. The number of hydrogen-bond acceptors (Lipinski definition) is 0. The molecule has 0 spiro atoms. The summed E-state index contributed by atoms with van der Waals surface area (Å²) in [6.45, 7) is 4.11. The van der Waals surface area contributed by atoms with Gasteiger partial charge in [-0.05, 0) is 36.1 Å². The number of allylic oxidation sites excluding steroid dienone is 4. The largest absolute Gasteiger partial charge is 0.0871 e. The molecule has 0 heterocycles. The number of rotatable bonds is 3. The maximum atomic E-state index is 2.18. The van der Waals surface area contributed by atoms with Gasteiger partial charge in [0.1, 0.15) is 0 Å². The lowest BCUT2D eigenvalue weighted by atomic mass is 10.00. The van der Waals surface area contributed by atoms with E-state index < -0.39 is 0 Å². The molecule has 0 nitrogen and oxygen atoms in total. The maximum Gasteiger partial charge on any atom is -0.0184 e. The molecule has 0 radical (unpaired) electrons. The van der Waals surface area contributed by atoms with Crippen molar-refractivity contribution < 1.29 is 0 Å². The van der Waals surface area contributed by atoms with Crippen molar-refractivity contribution in [3.8, 4) is 11.1 Å². The Balaban J connectivity index is 2.31. The minimum Gasteiger partial charge on any atom is -0.0871 e. The van der Waals surface area contributed by atoms with Crippen LogP contribution < -0.4 is 0 Å². The van der Waals surface area contributed by atoms with Gasteiger partial charge in [-0.15, -0.1) is 0 Å². The summed E-state index contributed by atoms with van der Waals surface area (Å²) in [4.78, 5) is 0. The second-order valence-corrected chi connectivity index (χ2v) is 4.19. The highest BCUT2D eigenvalue weighted by Crippen LogP contribution is 2.22. The van der Waals surface area contributed by atoms with E-state index in [1.54, 1.807) is 0 Å². The van der Waals surface area contributed by atoms with Gasteiger partial charge in [-0.3, -0.25) is 0 Å². The fourth-order valence-electron chi connectivity index (χ4n) is 2.02. The Morgan fingerprint density at radius 1 is 0.778 bits per heavy atom. The number of benzene rings is 2. The molecule has 0 amide bonds. The van der Waals surface area contributed by atoms with Crippen molar-refractivity contribution in [1.82, 2.24) is 0 Å². The summed E-state index contributed by atoms with van der Waals surface area (Å²) in [5.41, 5.74) is 5.04. The van der Waals surface area contributed by atoms with E-state index in [2.05, 4.69) is 73.7 Å². The van der Waals surface area contributed by atoms with Crippen LogP contribution in [0.1, 0.15) is 19.4 Å². The van der Waals surface area contributed by atoms with Crippen LogP contribution in [0.4, 0.5) is 0 Å². The van der Waals surface area contributed by atoms with E-state index in [1.807, 2.05) is 13.0 Å². The molecule has 0 aliphatic rings. The predicted molar refractivity (Wildman–Crippen MR) is 80.3 cm³/mol. The fourth-order valence-corrected chi connectivity index (χ4v) is 2.02. The van der Waals surface area contributed by atoms with Crippen LogP contribution in [0.25, 0.3) is 16.7 Å². The van der Waals surface area contributed by atoms with E-state index >= 15 is 0 Å². The van der Waals surface area contributed by atoms with E-state index in [4.69, 9.17) is 0 Å². The smallest absolute Gasteiger partial charge is 0.0184 e. The fraction of sp³-hybridized carbons (Fsp3) is 0.111. The average molecular weight is 234 g/mol. The summed E-state index contributed by atoms with van der Waals surface area (Å²) in [7, 11) is 0. The molecule has 0 aliphatic carbocycles. The predicted octanol–water partition coefficient (Wildman–Crippen LogP) is 5.33. The molecule has 0 N–H and O–H groups in total. The molecule has 2 aromatic carbocycles. The minimum absolute atomic E-state index is 1.26. The Bertz CT molecular complexity index is 542. The monoisotopic (exact) mass is 234 g/mol. The first-order chi connectivity index (χ1) is 8.85. The topological polar surface area (TPSA) is 0 Å². The minimum atomic E-state index is 1.26. The van der Waals surface area contributed by atoms with Crippen LogP contribution in [0.2, 0.25) is 0 Å². The van der Waals surface area contributed by atoms with Crippen molar-refractivity contribution in [3.63, 3.8) is 0 Å². The summed E-state index contributed by atoms with van der Waals surface area (Å²) in [5, 5.41) is 0. The van der Waals surface area contributed by atoms with E-state index in [9.17, 15) is 0 Å². The van der Waals surface area contributed by atoms with Crippen LogP contribution in [-0.4, -0.2) is 0 Å². The molecule has 0 saturated carbocycles. The van der Waals surface area contributed by atoms with Gasteiger partial charge in [0.05, 0.1) is 0 Å². The van der Waals surface area contributed by atoms with Crippen LogP contribution in [0.15, 0.2) is 72.8 Å². The first-order valence-electron chi connectivity index (χ1n) is 6.30. The zero-order chi connectivity index (χ0) is 12.8. The molecule has 18 heavy (non-hydrogen) atoms. The van der Waals surface area contributed by atoms with Crippen molar-refractivity contribution in [1.29, 1.82) is 0 Å². The molecule has 0 saturated heterocycles. The second-order valence-electron chi connectivity index (χ2n) is 4.19. The molecule has 0 bridgehead atoms. The van der Waals surface area contributed by atoms with Crippen LogP contribution in [-0.2, 0) is 0 Å². The third-order valence-electron chi connectivity index (χ3n) is 2.98. The molecule has 0 aliphatic heterocycles. The Morgan fingerprint density at radius 3 is 1.94 bits per heavy atom. The van der Waals surface area contributed by atoms with Gasteiger partial charge in [-0.2, -0.15) is 0 Å². The van der Waals surface area contributed by atoms with Crippen LogP contribution >= 0.6 is 0 Å². The molecular weight excluding hydrogens is 216 g/mol. The van der Waals surface area contributed by atoms with Crippen molar-refractivity contribution in [3.05, 3.63) is 78.4 Å². The molecule has 90 valence electrons.